The van der Waals surface area contributed by atoms with Gasteiger partial charge in [-0.1, -0.05) is 72.3 Å². The number of fused-ring (bicyclic) bond motifs is 1. The van der Waals surface area contributed by atoms with E-state index in [1.54, 1.807) is 4.90 Å². The summed E-state index contributed by atoms with van der Waals surface area (Å²) in [6, 6.07) is 26.1. The maximum atomic E-state index is 12.7. The molecule has 2 heterocycles. The van der Waals surface area contributed by atoms with Gasteiger partial charge in [-0.2, -0.15) is 0 Å². The van der Waals surface area contributed by atoms with Gasteiger partial charge in [-0.3, -0.25) is 4.99 Å². The van der Waals surface area contributed by atoms with Gasteiger partial charge >= 0.3 is 6.09 Å². The first-order chi connectivity index (χ1) is 16.5. The number of carbonyl (C=O) groups excluding carboxylic acids is 1. The molecule has 0 N–H and O–H groups in total. The Hall–Kier alpha value is -3.31. The lowest BCUT2D eigenvalue weighted by atomic mass is 9.87. The average molecular weight is 474 g/mol. The molecule has 1 spiro atoms. The Morgan fingerprint density at radius 3 is 2.38 bits per heavy atom. The summed E-state index contributed by atoms with van der Waals surface area (Å²) >= 11 is 6.40. The molecule has 0 bridgehead atoms. The van der Waals surface area contributed by atoms with E-state index < -0.39 is 0 Å². The van der Waals surface area contributed by atoms with Gasteiger partial charge in [0.25, 0.3) is 0 Å². The molecule has 2 aliphatic heterocycles. The number of benzene rings is 3. The third kappa shape index (κ3) is 4.66. The third-order valence-electron chi connectivity index (χ3n) is 6.71. The Morgan fingerprint density at radius 2 is 1.68 bits per heavy atom. The Balaban J connectivity index is 1.38. The first-order valence-corrected chi connectivity index (χ1v) is 12.0. The van der Waals surface area contributed by atoms with Crippen molar-refractivity contribution in [2.45, 2.75) is 25.0 Å². The molecule has 3 aromatic rings. The van der Waals surface area contributed by atoms with Crippen LogP contribution in [0.3, 0.4) is 0 Å². The number of aliphatic imine (C=N–C) groups is 1. The summed E-state index contributed by atoms with van der Waals surface area (Å²) in [5.41, 5.74) is 4.90. The Kier molecular flexibility index (Phi) is 6.29. The van der Waals surface area contributed by atoms with E-state index in [9.17, 15) is 4.79 Å². The summed E-state index contributed by atoms with van der Waals surface area (Å²) in [4.78, 5) is 22.2. The van der Waals surface area contributed by atoms with Crippen LogP contribution in [0.1, 0.15) is 29.5 Å². The molecular weight excluding hydrogens is 446 g/mol. The molecule has 3 aromatic carbocycles. The minimum absolute atomic E-state index is 0.261. The largest absolute Gasteiger partial charge is 0.445 e. The first-order valence-electron chi connectivity index (χ1n) is 11.6. The summed E-state index contributed by atoms with van der Waals surface area (Å²) in [5.74, 6) is 0. The number of halogens is 1. The molecule has 34 heavy (non-hydrogen) atoms. The number of ether oxygens (including phenoxy) is 1. The van der Waals surface area contributed by atoms with Gasteiger partial charge < -0.3 is 14.5 Å². The number of carbonyl (C=O) groups is 1. The monoisotopic (exact) mass is 473 g/mol. The van der Waals surface area contributed by atoms with Crippen molar-refractivity contribution in [3.63, 3.8) is 0 Å². The fourth-order valence-corrected chi connectivity index (χ4v) is 5.06. The third-order valence-corrected chi connectivity index (χ3v) is 6.95. The van der Waals surface area contributed by atoms with E-state index in [0.717, 1.165) is 47.5 Å². The SMILES string of the molecule is CN1CC2(CCN(C(=O)OCc3ccccc3)CC2)N=C(c2ccccc2)c2cc(Cl)ccc21. The van der Waals surface area contributed by atoms with Gasteiger partial charge in [-0.25, -0.2) is 4.79 Å². The van der Waals surface area contributed by atoms with Crippen molar-refractivity contribution in [1.29, 1.82) is 0 Å². The van der Waals surface area contributed by atoms with Crippen molar-refractivity contribution in [3.8, 4) is 0 Å². The zero-order valence-corrected chi connectivity index (χ0v) is 20.0. The van der Waals surface area contributed by atoms with Crippen molar-refractivity contribution in [3.05, 3.63) is 101 Å². The Morgan fingerprint density at radius 1 is 1.00 bits per heavy atom. The Bertz CT molecular complexity index is 1190. The molecule has 5 rings (SSSR count). The summed E-state index contributed by atoms with van der Waals surface area (Å²) < 4.78 is 5.57. The van der Waals surface area contributed by atoms with Crippen molar-refractivity contribution in [1.82, 2.24) is 4.90 Å². The highest BCUT2D eigenvalue weighted by Gasteiger charge is 2.40. The second kappa shape index (κ2) is 9.51. The second-order valence-corrected chi connectivity index (χ2v) is 9.53. The predicted octanol–water partition coefficient (Wildman–Crippen LogP) is 5.80. The zero-order valence-electron chi connectivity index (χ0n) is 19.3. The van der Waals surface area contributed by atoms with Crippen molar-refractivity contribution >= 4 is 29.1 Å². The van der Waals surface area contributed by atoms with Crippen LogP contribution in [-0.2, 0) is 11.3 Å². The number of nitrogens with zero attached hydrogens (tertiary/aromatic N) is 3. The highest BCUT2D eigenvalue weighted by Crippen LogP contribution is 2.37. The quantitative estimate of drug-likeness (QED) is 0.483. The molecule has 0 aliphatic carbocycles. The molecule has 0 aromatic heterocycles. The summed E-state index contributed by atoms with van der Waals surface area (Å²) in [5, 5.41) is 0.697. The highest BCUT2D eigenvalue weighted by molar-refractivity contribution is 6.31. The van der Waals surface area contributed by atoms with Crippen LogP contribution in [0.5, 0.6) is 0 Å². The predicted molar refractivity (Wildman–Crippen MR) is 137 cm³/mol. The number of anilines is 1. The molecule has 6 heteroatoms. The number of likely N-dealkylation sites (tertiary alicyclic amines) is 1. The van der Waals surface area contributed by atoms with E-state index in [1.165, 1.54) is 0 Å². The number of hydrogen-bond donors (Lipinski definition) is 0. The maximum Gasteiger partial charge on any atom is 0.410 e. The van der Waals surface area contributed by atoms with Crippen LogP contribution >= 0.6 is 11.6 Å². The molecule has 5 nitrogen and oxygen atoms in total. The van der Waals surface area contributed by atoms with Crippen molar-refractivity contribution in [2.75, 3.05) is 31.6 Å². The molecule has 0 atom stereocenters. The van der Waals surface area contributed by atoms with Crippen LogP contribution in [0, 0.1) is 0 Å². The number of rotatable bonds is 3. The standard InChI is InChI=1S/C28H28ClN3O2/c1-31-20-28(14-16-32(17-15-28)27(33)34-19-21-8-4-2-5-9-21)30-26(22-10-6-3-7-11-22)24-18-23(29)12-13-25(24)31/h2-13,18H,14-17,19-20H2,1H3. The summed E-state index contributed by atoms with van der Waals surface area (Å²) in [7, 11) is 2.11. The first kappa shape index (κ1) is 22.5. The van der Waals surface area contributed by atoms with Crippen LogP contribution in [0.15, 0.2) is 83.9 Å². The lowest BCUT2D eigenvalue weighted by Crippen LogP contribution is -2.50. The number of likely N-dealkylation sites (N-methyl/N-ethyl adjacent to an activating group) is 1. The molecule has 0 radical (unpaired) electrons. The fraction of sp³-hybridized carbons (Fsp3) is 0.286. The van der Waals surface area contributed by atoms with E-state index >= 15 is 0 Å². The fourth-order valence-electron chi connectivity index (χ4n) is 4.89. The van der Waals surface area contributed by atoms with E-state index in [1.807, 2.05) is 60.7 Å². The molecule has 2 aliphatic rings. The molecule has 174 valence electrons. The van der Waals surface area contributed by atoms with Crippen LogP contribution in [0.25, 0.3) is 0 Å². The normalized spacial score (nSPS) is 17.1. The molecule has 0 unspecified atom stereocenters. The van der Waals surface area contributed by atoms with E-state index in [4.69, 9.17) is 21.3 Å². The molecule has 1 amide bonds. The smallest absolute Gasteiger partial charge is 0.410 e. The minimum Gasteiger partial charge on any atom is -0.445 e. The van der Waals surface area contributed by atoms with E-state index in [-0.39, 0.29) is 18.2 Å². The molecule has 0 saturated carbocycles. The van der Waals surface area contributed by atoms with Crippen LogP contribution in [-0.4, -0.2) is 48.9 Å². The van der Waals surface area contributed by atoms with E-state index in [2.05, 4.69) is 30.1 Å². The minimum atomic E-state index is -0.290. The van der Waals surface area contributed by atoms with Crippen molar-refractivity contribution < 1.29 is 9.53 Å². The lowest BCUT2D eigenvalue weighted by molar-refractivity contribution is 0.0794. The average Bonchev–Trinajstić information content (AvgIpc) is 2.98. The van der Waals surface area contributed by atoms with Crippen LogP contribution in [0.2, 0.25) is 5.02 Å². The molecule has 1 fully saturated rings. The number of amides is 1. The zero-order chi connectivity index (χ0) is 23.5. The number of hydrogen-bond acceptors (Lipinski definition) is 4. The summed E-state index contributed by atoms with van der Waals surface area (Å²) in [6.45, 7) is 2.30. The van der Waals surface area contributed by atoms with Gasteiger partial charge in [0, 0.05) is 48.5 Å². The van der Waals surface area contributed by atoms with E-state index in [0.29, 0.717) is 18.1 Å². The van der Waals surface area contributed by atoms with Crippen LogP contribution < -0.4 is 4.90 Å². The van der Waals surface area contributed by atoms with Gasteiger partial charge in [0.05, 0.1) is 11.3 Å². The summed E-state index contributed by atoms with van der Waals surface area (Å²) in [6.07, 6.45) is 1.29. The lowest BCUT2D eigenvalue weighted by Gasteiger charge is -2.40. The molecular formula is C28H28ClN3O2. The van der Waals surface area contributed by atoms with Gasteiger partial charge in [0.15, 0.2) is 0 Å². The van der Waals surface area contributed by atoms with Gasteiger partial charge in [-0.05, 0) is 36.6 Å². The van der Waals surface area contributed by atoms with Gasteiger partial charge in [0.1, 0.15) is 6.61 Å². The highest BCUT2D eigenvalue weighted by atomic mass is 35.5. The molecule has 1 saturated heterocycles. The van der Waals surface area contributed by atoms with Crippen molar-refractivity contribution in [2.24, 2.45) is 4.99 Å². The number of piperidine rings is 1. The van der Waals surface area contributed by atoms with Crippen LogP contribution in [0.4, 0.5) is 10.5 Å². The van der Waals surface area contributed by atoms with Gasteiger partial charge in [0.2, 0.25) is 0 Å². The Labute approximate surface area is 205 Å². The topological polar surface area (TPSA) is 45.1 Å². The maximum absolute atomic E-state index is 12.7. The van der Waals surface area contributed by atoms with Gasteiger partial charge in [-0.15, -0.1) is 0 Å². The second-order valence-electron chi connectivity index (χ2n) is 9.10.